The third kappa shape index (κ3) is 5.44. The second-order valence-electron chi connectivity index (χ2n) is 16.8. The summed E-state index contributed by atoms with van der Waals surface area (Å²) in [5, 5.41) is 5.13. The molecule has 3 heteroatoms. The highest BCUT2D eigenvalue weighted by molar-refractivity contribution is 7.26. The number of hydrogen-bond acceptors (Lipinski definition) is 2. The van der Waals surface area contributed by atoms with Crippen LogP contribution in [0.15, 0.2) is 243 Å². The summed E-state index contributed by atoms with van der Waals surface area (Å²) in [4.78, 5) is 2.42. The summed E-state index contributed by atoms with van der Waals surface area (Å²) in [5.74, 6) is 0. The van der Waals surface area contributed by atoms with Crippen LogP contribution in [0.1, 0.15) is 22.3 Å². The first-order valence-corrected chi connectivity index (χ1v) is 22.8. The van der Waals surface area contributed by atoms with Crippen molar-refractivity contribution in [3.05, 3.63) is 265 Å². The van der Waals surface area contributed by atoms with Gasteiger partial charge >= 0.3 is 0 Å². The Bertz CT molecular complexity index is 3630. The third-order valence-electron chi connectivity index (χ3n) is 13.5. The number of benzene rings is 10. The van der Waals surface area contributed by atoms with E-state index in [4.69, 9.17) is 0 Å². The van der Waals surface area contributed by atoms with Crippen molar-refractivity contribution in [2.45, 2.75) is 5.41 Å². The average molecular weight is 833 g/mol. The van der Waals surface area contributed by atoms with Gasteiger partial charge in [0.2, 0.25) is 0 Å². The zero-order valence-corrected chi connectivity index (χ0v) is 35.7. The number of fused-ring (bicyclic) bond motifs is 9. The minimum absolute atomic E-state index is 0.468. The smallest absolute Gasteiger partial charge is 0.0713 e. The van der Waals surface area contributed by atoms with E-state index in [9.17, 15) is 0 Å². The number of anilines is 3. The molecule has 0 saturated heterocycles. The van der Waals surface area contributed by atoms with Crippen LogP contribution in [0, 0.1) is 0 Å². The van der Waals surface area contributed by atoms with Gasteiger partial charge in [-0.1, -0.05) is 176 Å². The molecule has 0 fully saturated rings. The molecule has 300 valence electrons. The molecule has 0 saturated carbocycles. The number of aromatic nitrogens is 1. The lowest BCUT2D eigenvalue weighted by molar-refractivity contribution is 0.768. The van der Waals surface area contributed by atoms with E-state index in [1.807, 2.05) is 11.3 Å². The molecule has 0 spiro atoms. The SMILES string of the molecule is c1ccc(C2(c3ccc(N(c4ccc(-n5c6ccccc6c6ccccc65)cc4)c4cccc(-c5cccc6c5sc5ccccc56)c4)cc3)c3ccccc3-c3ccccc32)cc1. The van der Waals surface area contributed by atoms with Crippen LogP contribution in [-0.4, -0.2) is 4.57 Å². The summed E-state index contributed by atoms with van der Waals surface area (Å²) in [6.45, 7) is 0. The Balaban J connectivity index is 0.987. The van der Waals surface area contributed by atoms with Crippen LogP contribution in [-0.2, 0) is 5.41 Å². The Morgan fingerprint density at radius 2 is 0.875 bits per heavy atom. The minimum atomic E-state index is -0.468. The number of rotatable bonds is 7. The molecule has 0 N–H and O–H groups in total. The quantitative estimate of drug-likeness (QED) is 0.155. The molecular weight excluding hydrogens is 793 g/mol. The van der Waals surface area contributed by atoms with Crippen LogP contribution < -0.4 is 4.90 Å². The molecule has 13 rings (SSSR count). The first-order chi connectivity index (χ1) is 31.8. The molecule has 0 aliphatic heterocycles. The van der Waals surface area contributed by atoms with E-state index in [2.05, 4.69) is 252 Å². The Labute approximate surface area is 376 Å². The summed E-state index contributed by atoms with van der Waals surface area (Å²) in [5.41, 5.74) is 16.5. The van der Waals surface area contributed by atoms with Crippen molar-refractivity contribution in [3.8, 4) is 27.9 Å². The fraction of sp³-hybridized carbons (Fsp3) is 0.0164. The zero-order valence-electron chi connectivity index (χ0n) is 34.9. The van der Waals surface area contributed by atoms with E-state index in [0.717, 1.165) is 22.7 Å². The van der Waals surface area contributed by atoms with Crippen LogP contribution in [0.5, 0.6) is 0 Å². The number of nitrogens with zero attached hydrogens (tertiary/aromatic N) is 2. The fourth-order valence-electron chi connectivity index (χ4n) is 10.8. The van der Waals surface area contributed by atoms with Gasteiger partial charge in [0.1, 0.15) is 0 Å². The van der Waals surface area contributed by atoms with Crippen molar-refractivity contribution < 1.29 is 0 Å². The molecule has 0 atom stereocenters. The lowest BCUT2D eigenvalue weighted by atomic mass is 9.68. The highest BCUT2D eigenvalue weighted by atomic mass is 32.1. The minimum Gasteiger partial charge on any atom is -0.310 e. The summed E-state index contributed by atoms with van der Waals surface area (Å²) in [7, 11) is 0. The summed E-state index contributed by atoms with van der Waals surface area (Å²) in [6.07, 6.45) is 0. The third-order valence-corrected chi connectivity index (χ3v) is 14.7. The van der Waals surface area contributed by atoms with E-state index in [0.29, 0.717) is 0 Å². The number of para-hydroxylation sites is 2. The highest BCUT2D eigenvalue weighted by Crippen LogP contribution is 2.56. The Hall–Kier alpha value is -7.98. The molecule has 64 heavy (non-hydrogen) atoms. The molecule has 2 nitrogen and oxygen atoms in total. The van der Waals surface area contributed by atoms with Gasteiger partial charge < -0.3 is 9.47 Å². The molecule has 1 aliphatic carbocycles. The predicted octanol–water partition coefficient (Wildman–Crippen LogP) is 16.7. The molecule has 0 bridgehead atoms. The zero-order chi connectivity index (χ0) is 42.2. The maximum atomic E-state index is 2.42. The lowest BCUT2D eigenvalue weighted by Gasteiger charge is -2.34. The van der Waals surface area contributed by atoms with Crippen LogP contribution in [0.25, 0.3) is 69.9 Å². The van der Waals surface area contributed by atoms with Crippen molar-refractivity contribution in [2.75, 3.05) is 4.90 Å². The fourth-order valence-corrected chi connectivity index (χ4v) is 12.0. The van der Waals surface area contributed by atoms with Gasteiger partial charge in [0.15, 0.2) is 0 Å². The lowest BCUT2D eigenvalue weighted by Crippen LogP contribution is -2.28. The van der Waals surface area contributed by atoms with E-state index in [-0.39, 0.29) is 0 Å². The van der Waals surface area contributed by atoms with Crippen molar-refractivity contribution in [3.63, 3.8) is 0 Å². The number of thiophene rings is 1. The Morgan fingerprint density at radius 3 is 1.56 bits per heavy atom. The molecule has 0 amide bonds. The second kappa shape index (κ2) is 14.6. The van der Waals surface area contributed by atoms with E-state index < -0.39 is 5.41 Å². The van der Waals surface area contributed by atoms with Gasteiger partial charge in [-0.25, -0.2) is 0 Å². The van der Waals surface area contributed by atoms with Crippen LogP contribution in [0.2, 0.25) is 0 Å². The van der Waals surface area contributed by atoms with Crippen LogP contribution in [0.4, 0.5) is 17.1 Å². The summed E-state index contributed by atoms with van der Waals surface area (Å²) < 4.78 is 5.02. The normalized spacial score (nSPS) is 12.8. The van der Waals surface area contributed by atoms with Crippen molar-refractivity contribution >= 4 is 70.4 Å². The maximum Gasteiger partial charge on any atom is 0.0713 e. The number of hydrogen-bond donors (Lipinski definition) is 0. The monoisotopic (exact) mass is 832 g/mol. The standard InChI is InChI=1S/C61H40N2S/c1-2-17-42(18-3-1)61(55-27-9-4-20-49(55)50-21-5-10-28-56(50)61)43-32-34-44(35-33-43)62(45-36-38-46(39-37-45)63-57-29-11-6-22-51(57)52-23-7-12-30-58(52)63)47-19-14-16-41(40-47)48-25-15-26-54-53-24-8-13-31-59(53)64-60(48)54/h1-40H. The average Bonchev–Trinajstić information content (AvgIpc) is 4.02. The van der Waals surface area contributed by atoms with E-state index in [1.165, 1.54) is 86.5 Å². The molecule has 12 aromatic rings. The predicted molar refractivity (Wildman–Crippen MR) is 271 cm³/mol. The topological polar surface area (TPSA) is 8.17 Å². The first kappa shape index (κ1) is 36.7. The largest absolute Gasteiger partial charge is 0.310 e. The van der Waals surface area contributed by atoms with Gasteiger partial charge in [0, 0.05) is 53.7 Å². The van der Waals surface area contributed by atoms with Gasteiger partial charge in [-0.2, -0.15) is 0 Å². The molecule has 1 aliphatic rings. The Kier molecular flexibility index (Phi) is 8.34. The van der Waals surface area contributed by atoms with Gasteiger partial charge in [-0.3, -0.25) is 0 Å². The maximum absolute atomic E-state index is 2.42. The molecule has 0 unspecified atom stereocenters. The molecule has 2 heterocycles. The van der Waals surface area contributed by atoms with E-state index in [1.54, 1.807) is 0 Å². The first-order valence-electron chi connectivity index (χ1n) is 22.0. The Morgan fingerprint density at radius 1 is 0.359 bits per heavy atom. The van der Waals surface area contributed by atoms with Gasteiger partial charge in [0.05, 0.1) is 16.4 Å². The summed E-state index contributed by atoms with van der Waals surface area (Å²) in [6, 6.07) is 89.5. The molecular formula is C61H40N2S. The molecule has 10 aromatic carbocycles. The van der Waals surface area contributed by atoms with Crippen LogP contribution in [0.3, 0.4) is 0 Å². The molecule has 2 aromatic heterocycles. The van der Waals surface area contributed by atoms with Crippen LogP contribution >= 0.6 is 11.3 Å². The van der Waals surface area contributed by atoms with Gasteiger partial charge in [0.25, 0.3) is 0 Å². The van der Waals surface area contributed by atoms with Crippen molar-refractivity contribution in [1.82, 2.24) is 4.57 Å². The van der Waals surface area contributed by atoms with Gasteiger partial charge in [-0.05, 0) is 111 Å². The molecule has 0 radical (unpaired) electrons. The summed E-state index contributed by atoms with van der Waals surface area (Å²) >= 11 is 1.88. The second-order valence-corrected chi connectivity index (χ2v) is 17.9. The van der Waals surface area contributed by atoms with E-state index >= 15 is 0 Å². The van der Waals surface area contributed by atoms with Crippen molar-refractivity contribution in [1.29, 1.82) is 0 Å². The van der Waals surface area contributed by atoms with Gasteiger partial charge in [-0.15, -0.1) is 11.3 Å². The highest BCUT2D eigenvalue weighted by Gasteiger charge is 2.45. The van der Waals surface area contributed by atoms with Crippen molar-refractivity contribution in [2.24, 2.45) is 0 Å².